The van der Waals surface area contributed by atoms with Gasteiger partial charge in [-0.25, -0.2) is 8.42 Å². The van der Waals surface area contributed by atoms with Gasteiger partial charge in [-0.15, -0.1) is 0 Å². The summed E-state index contributed by atoms with van der Waals surface area (Å²) >= 11 is 0. The first-order valence-corrected chi connectivity index (χ1v) is 11.5. The molecule has 0 aliphatic carbocycles. The summed E-state index contributed by atoms with van der Waals surface area (Å²) in [4.78, 5) is 12.6. The van der Waals surface area contributed by atoms with Crippen molar-refractivity contribution in [3.63, 3.8) is 0 Å². The van der Waals surface area contributed by atoms with Gasteiger partial charge in [-0.05, 0) is 54.8 Å². The van der Waals surface area contributed by atoms with Crippen LogP contribution >= 0.6 is 0 Å². The van der Waals surface area contributed by atoms with E-state index in [1.165, 1.54) is 22.0 Å². The zero-order valence-electron chi connectivity index (χ0n) is 17.5. The fourth-order valence-electron chi connectivity index (χ4n) is 3.08. The number of amides is 1. The van der Waals surface area contributed by atoms with E-state index in [2.05, 4.69) is 19.2 Å². The lowest BCUT2D eigenvalue weighted by Crippen LogP contribution is -2.40. The third-order valence-electron chi connectivity index (χ3n) is 4.96. The number of carbonyl (C=O) groups excluding carboxylic acids is 1. The Kier molecular flexibility index (Phi) is 7.12. The minimum absolute atomic E-state index is 0.192. The summed E-state index contributed by atoms with van der Waals surface area (Å²) in [5.74, 6) is 0.732. The lowest BCUT2D eigenvalue weighted by molar-refractivity contribution is -0.122. The molecular weight excluding hydrogens is 404 g/mol. The number of nitrogens with zero attached hydrogens (tertiary/aromatic N) is 1. The Labute approximate surface area is 178 Å². The summed E-state index contributed by atoms with van der Waals surface area (Å²) in [6, 6.07) is 13.8. The first-order valence-electron chi connectivity index (χ1n) is 10.0. The van der Waals surface area contributed by atoms with Crippen LogP contribution in [0.4, 0.5) is 5.69 Å². The minimum Gasteiger partial charge on any atom is -0.481 e. The van der Waals surface area contributed by atoms with Gasteiger partial charge in [0.1, 0.15) is 5.75 Å². The van der Waals surface area contributed by atoms with Crippen LogP contribution in [0.25, 0.3) is 0 Å². The summed E-state index contributed by atoms with van der Waals surface area (Å²) in [5.41, 5.74) is 1.71. The monoisotopic (exact) mass is 432 g/mol. The van der Waals surface area contributed by atoms with E-state index in [9.17, 15) is 13.2 Å². The Balaban J connectivity index is 1.59. The van der Waals surface area contributed by atoms with Crippen molar-refractivity contribution in [2.75, 3.05) is 31.6 Å². The molecule has 1 aliphatic rings. The maximum Gasteiger partial charge on any atom is 0.265 e. The van der Waals surface area contributed by atoms with E-state index in [1.807, 2.05) is 24.3 Å². The molecule has 2 aromatic carbocycles. The minimum atomic E-state index is -3.56. The maximum absolute atomic E-state index is 12.7. The fraction of sp³-hybridized carbons (Fsp3) is 0.409. The van der Waals surface area contributed by atoms with Crippen LogP contribution in [0.1, 0.15) is 32.3 Å². The van der Waals surface area contributed by atoms with E-state index in [0.29, 0.717) is 43.7 Å². The highest BCUT2D eigenvalue weighted by Crippen LogP contribution is 2.21. The average Bonchev–Trinajstić information content (AvgIpc) is 2.75. The molecule has 0 radical (unpaired) electrons. The molecule has 0 saturated carbocycles. The van der Waals surface area contributed by atoms with E-state index in [4.69, 9.17) is 9.47 Å². The predicted octanol–water partition coefficient (Wildman–Crippen LogP) is 3.24. The van der Waals surface area contributed by atoms with Gasteiger partial charge in [0.05, 0.1) is 18.1 Å². The van der Waals surface area contributed by atoms with Crippen molar-refractivity contribution in [3.05, 3.63) is 54.1 Å². The summed E-state index contributed by atoms with van der Waals surface area (Å²) in [5, 5.41) is 2.76. The maximum atomic E-state index is 12.7. The largest absolute Gasteiger partial charge is 0.481 e. The molecule has 1 atom stereocenters. The van der Waals surface area contributed by atoms with E-state index in [0.717, 1.165) is 0 Å². The lowest BCUT2D eigenvalue weighted by atomic mass is 10.0. The summed E-state index contributed by atoms with van der Waals surface area (Å²) < 4.78 is 37.7. The van der Waals surface area contributed by atoms with Gasteiger partial charge in [0.2, 0.25) is 10.0 Å². The Bertz CT molecular complexity index is 950. The van der Waals surface area contributed by atoms with Gasteiger partial charge in [0.15, 0.2) is 6.10 Å². The Morgan fingerprint density at radius 1 is 1.00 bits per heavy atom. The molecule has 0 aromatic heterocycles. The summed E-state index contributed by atoms with van der Waals surface area (Å²) in [7, 11) is -3.56. The highest BCUT2D eigenvalue weighted by molar-refractivity contribution is 7.89. The van der Waals surface area contributed by atoms with Crippen molar-refractivity contribution in [2.45, 2.75) is 37.7 Å². The number of hydrogen-bond acceptors (Lipinski definition) is 5. The van der Waals surface area contributed by atoms with Gasteiger partial charge in [-0.1, -0.05) is 26.0 Å². The molecule has 1 amide bonds. The quantitative estimate of drug-likeness (QED) is 0.726. The van der Waals surface area contributed by atoms with E-state index < -0.39 is 16.1 Å². The van der Waals surface area contributed by atoms with Crippen molar-refractivity contribution in [2.24, 2.45) is 0 Å². The fourth-order valence-corrected chi connectivity index (χ4v) is 4.49. The van der Waals surface area contributed by atoms with Crippen molar-refractivity contribution in [1.29, 1.82) is 0 Å². The molecule has 1 unspecified atom stereocenters. The van der Waals surface area contributed by atoms with Crippen LogP contribution in [0.5, 0.6) is 5.75 Å². The van der Waals surface area contributed by atoms with Crippen LogP contribution in [-0.2, 0) is 19.6 Å². The summed E-state index contributed by atoms with van der Waals surface area (Å²) in [6.45, 7) is 7.37. The molecule has 1 fully saturated rings. The smallest absolute Gasteiger partial charge is 0.265 e. The molecule has 1 N–H and O–H groups in total. The Morgan fingerprint density at radius 2 is 1.60 bits per heavy atom. The molecule has 1 heterocycles. The summed E-state index contributed by atoms with van der Waals surface area (Å²) in [6.07, 6.45) is -0.702. The first kappa shape index (κ1) is 22.3. The number of ether oxygens (including phenoxy) is 2. The first-order chi connectivity index (χ1) is 14.3. The standard InChI is InChI=1S/C22H28N2O5S/c1-16(2)18-4-8-20(9-5-18)29-17(3)22(25)23-19-6-10-21(11-7-19)30(26,27)24-12-14-28-15-13-24/h4-11,16-17H,12-15H2,1-3H3,(H,23,25). The molecular formula is C22H28N2O5S. The molecule has 0 spiro atoms. The zero-order chi connectivity index (χ0) is 21.7. The highest BCUT2D eigenvalue weighted by Gasteiger charge is 2.26. The topological polar surface area (TPSA) is 84.9 Å². The van der Waals surface area contributed by atoms with Crippen molar-refractivity contribution in [1.82, 2.24) is 4.31 Å². The molecule has 3 rings (SSSR count). The zero-order valence-corrected chi connectivity index (χ0v) is 18.3. The molecule has 8 heteroatoms. The lowest BCUT2D eigenvalue weighted by Gasteiger charge is -2.26. The van der Waals surface area contributed by atoms with Gasteiger partial charge >= 0.3 is 0 Å². The number of carbonyl (C=O) groups is 1. The Hall–Kier alpha value is -2.42. The normalized spacial score (nSPS) is 16.3. The second kappa shape index (κ2) is 9.59. The van der Waals surface area contributed by atoms with Crippen LogP contribution in [0.15, 0.2) is 53.4 Å². The number of morpholine rings is 1. The molecule has 2 aromatic rings. The second-order valence-corrected chi connectivity index (χ2v) is 9.45. The van der Waals surface area contributed by atoms with Crippen molar-refractivity contribution in [3.8, 4) is 5.75 Å². The number of benzene rings is 2. The van der Waals surface area contributed by atoms with Gasteiger partial charge in [-0.2, -0.15) is 4.31 Å². The van der Waals surface area contributed by atoms with E-state index >= 15 is 0 Å². The van der Waals surface area contributed by atoms with Crippen LogP contribution in [0.2, 0.25) is 0 Å². The van der Waals surface area contributed by atoms with Gasteiger partial charge in [-0.3, -0.25) is 4.79 Å². The number of nitrogens with one attached hydrogen (secondary N) is 1. The third-order valence-corrected chi connectivity index (χ3v) is 6.87. The molecule has 1 aliphatic heterocycles. The van der Waals surface area contributed by atoms with Gasteiger partial charge in [0.25, 0.3) is 5.91 Å². The molecule has 30 heavy (non-hydrogen) atoms. The Morgan fingerprint density at radius 3 is 2.17 bits per heavy atom. The van der Waals surface area contributed by atoms with Crippen molar-refractivity contribution >= 4 is 21.6 Å². The molecule has 162 valence electrons. The SMILES string of the molecule is CC(Oc1ccc(C(C)C)cc1)C(=O)Nc1ccc(S(=O)(=O)N2CCOCC2)cc1. The average molecular weight is 433 g/mol. The van der Waals surface area contributed by atoms with Crippen LogP contribution in [-0.4, -0.2) is 51.0 Å². The predicted molar refractivity (Wildman–Crippen MR) is 115 cm³/mol. The van der Waals surface area contributed by atoms with Crippen molar-refractivity contribution < 1.29 is 22.7 Å². The number of anilines is 1. The van der Waals surface area contributed by atoms with Gasteiger partial charge in [0, 0.05) is 18.8 Å². The van der Waals surface area contributed by atoms with E-state index in [1.54, 1.807) is 19.1 Å². The van der Waals surface area contributed by atoms with Gasteiger partial charge < -0.3 is 14.8 Å². The molecule has 7 nitrogen and oxygen atoms in total. The third kappa shape index (κ3) is 5.38. The number of sulfonamides is 1. The van der Waals surface area contributed by atoms with Crippen LogP contribution < -0.4 is 10.1 Å². The molecule has 0 bridgehead atoms. The van der Waals surface area contributed by atoms with E-state index in [-0.39, 0.29) is 10.8 Å². The van der Waals surface area contributed by atoms with Crippen LogP contribution in [0, 0.1) is 0 Å². The highest BCUT2D eigenvalue weighted by atomic mass is 32.2. The molecule has 1 saturated heterocycles. The second-order valence-electron chi connectivity index (χ2n) is 7.51. The number of rotatable bonds is 7. The van der Waals surface area contributed by atoms with Crippen LogP contribution in [0.3, 0.4) is 0 Å². The number of hydrogen-bond donors (Lipinski definition) is 1.